The van der Waals surface area contributed by atoms with Gasteiger partial charge in [-0.05, 0) is 41.1 Å². The number of aromatic nitrogens is 3. The summed E-state index contributed by atoms with van der Waals surface area (Å²) in [5.74, 6) is 2.55. The fourth-order valence-corrected chi connectivity index (χ4v) is 4.99. The number of ether oxygens (including phenoxy) is 1. The number of para-hydroxylation sites is 2. The molecule has 1 atom stereocenters. The van der Waals surface area contributed by atoms with Gasteiger partial charge in [0, 0.05) is 22.7 Å². The van der Waals surface area contributed by atoms with Crippen LogP contribution in [0, 0.1) is 0 Å². The summed E-state index contributed by atoms with van der Waals surface area (Å²) in [5.41, 5.74) is 2.16. The van der Waals surface area contributed by atoms with Crippen LogP contribution in [0.1, 0.15) is 36.0 Å². The monoisotopic (exact) mass is 465 g/mol. The number of rotatable bonds is 10. The first kappa shape index (κ1) is 22.6. The van der Waals surface area contributed by atoms with Gasteiger partial charge in [0.25, 0.3) is 0 Å². The molecule has 0 spiro atoms. The molecular formula is C25H27N3O2S2. The van der Waals surface area contributed by atoms with Crippen LogP contribution in [0.3, 0.4) is 0 Å². The lowest BCUT2D eigenvalue weighted by molar-refractivity contribution is 0.125. The average molecular weight is 466 g/mol. The molecule has 4 rings (SSSR count). The zero-order valence-corrected chi connectivity index (χ0v) is 19.9. The predicted molar refractivity (Wildman–Crippen MR) is 131 cm³/mol. The maximum absolute atomic E-state index is 10.6. The minimum atomic E-state index is -0.623. The zero-order valence-electron chi connectivity index (χ0n) is 18.2. The Bertz CT molecular complexity index is 1110. The van der Waals surface area contributed by atoms with Crippen LogP contribution in [0.25, 0.3) is 5.69 Å². The van der Waals surface area contributed by atoms with E-state index in [1.807, 2.05) is 54.6 Å². The maximum atomic E-state index is 10.6. The molecule has 2 aromatic heterocycles. The van der Waals surface area contributed by atoms with Crippen LogP contribution in [0.2, 0.25) is 0 Å². The van der Waals surface area contributed by atoms with Gasteiger partial charge < -0.3 is 9.84 Å². The molecule has 5 nitrogen and oxygen atoms in total. The summed E-state index contributed by atoms with van der Waals surface area (Å²) in [6, 6.07) is 22.3. The second-order valence-electron chi connectivity index (χ2n) is 7.79. The van der Waals surface area contributed by atoms with Gasteiger partial charge in [0.1, 0.15) is 18.2 Å². The van der Waals surface area contributed by atoms with Crippen molar-refractivity contribution in [1.29, 1.82) is 0 Å². The van der Waals surface area contributed by atoms with Crippen LogP contribution in [0.15, 0.2) is 77.3 Å². The van der Waals surface area contributed by atoms with Crippen molar-refractivity contribution in [2.45, 2.75) is 37.4 Å². The van der Waals surface area contributed by atoms with Crippen LogP contribution in [0.5, 0.6) is 5.75 Å². The molecule has 0 saturated carbocycles. The van der Waals surface area contributed by atoms with E-state index >= 15 is 0 Å². The first-order valence-electron chi connectivity index (χ1n) is 10.7. The lowest BCUT2D eigenvalue weighted by Gasteiger charge is -2.16. The minimum absolute atomic E-state index is 0.234. The molecule has 0 aliphatic rings. The normalized spacial score (nSPS) is 12.2. The first-order chi connectivity index (χ1) is 15.6. The number of thiophene rings is 1. The molecule has 0 aliphatic carbocycles. The fraction of sp³-hybridized carbons (Fsp3) is 0.280. The van der Waals surface area contributed by atoms with Crippen molar-refractivity contribution in [2.75, 3.05) is 12.4 Å². The molecule has 0 saturated heterocycles. The third kappa shape index (κ3) is 5.59. The first-order valence-corrected chi connectivity index (χ1v) is 12.5. The molecule has 0 amide bonds. The quantitative estimate of drug-likeness (QED) is 0.310. The highest BCUT2D eigenvalue weighted by atomic mass is 32.2. The molecule has 0 fully saturated rings. The van der Waals surface area contributed by atoms with E-state index in [1.54, 1.807) is 11.3 Å². The van der Waals surface area contributed by atoms with Gasteiger partial charge in [0.05, 0.1) is 6.10 Å². The van der Waals surface area contributed by atoms with Crippen LogP contribution in [-0.4, -0.2) is 38.3 Å². The highest BCUT2D eigenvalue weighted by Gasteiger charge is 2.17. The summed E-state index contributed by atoms with van der Waals surface area (Å²) in [5, 5.41) is 22.3. The SMILES string of the molecule is CC(C)c1ccccc1OCC(O)CSc1nnc(Cc2cccs2)n1-c1ccccc1. The van der Waals surface area contributed by atoms with Crippen LogP contribution in [0.4, 0.5) is 0 Å². The molecule has 0 bridgehead atoms. The molecule has 0 aliphatic heterocycles. The van der Waals surface area contributed by atoms with E-state index in [4.69, 9.17) is 4.74 Å². The molecule has 4 aromatic rings. The van der Waals surface area contributed by atoms with E-state index in [2.05, 4.69) is 46.1 Å². The Morgan fingerprint density at radius 3 is 2.53 bits per heavy atom. The van der Waals surface area contributed by atoms with Crippen molar-refractivity contribution < 1.29 is 9.84 Å². The van der Waals surface area contributed by atoms with Gasteiger partial charge in [0.2, 0.25) is 0 Å². The Balaban J connectivity index is 1.44. The number of benzene rings is 2. The highest BCUT2D eigenvalue weighted by Crippen LogP contribution is 2.27. The van der Waals surface area contributed by atoms with E-state index in [0.717, 1.165) is 34.4 Å². The van der Waals surface area contributed by atoms with Crippen molar-refractivity contribution in [3.63, 3.8) is 0 Å². The van der Waals surface area contributed by atoms with Crippen molar-refractivity contribution in [3.8, 4) is 11.4 Å². The van der Waals surface area contributed by atoms with Gasteiger partial charge in [0.15, 0.2) is 5.16 Å². The summed E-state index contributed by atoms with van der Waals surface area (Å²) in [7, 11) is 0. The summed E-state index contributed by atoms with van der Waals surface area (Å²) < 4.78 is 8.01. The maximum Gasteiger partial charge on any atom is 0.195 e. The van der Waals surface area contributed by atoms with Crippen molar-refractivity contribution in [1.82, 2.24) is 14.8 Å². The molecule has 32 heavy (non-hydrogen) atoms. The van der Waals surface area contributed by atoms with E-state index in [1.165, 1.54) is 16.6 Å². The number of nitrogens with zero attached hydrogens (tertiary/aromatic N) is 3. The molecule has 2 aromatic carbocycles. The number of aliphatic hydroxyl groups is 1. The summed E-state index contributed by atoms with van der Waals surface area (Å²) in [6.45, 7) is 4.51. The third-order valence-electron chi connectivity index (χ3n) is 5.00. The molecule has 1 N–H and O–H groups in total. The van der Waals surface area contributed by atoms with Gasteiger partial charge in [-0.25, -0.2) is 0 Å². The van der Waals surface area contributed by atoms with Crippen LogP contribution >= 0.6 is 23.1 Å². The molecule has 1 unspecified atom stereocenters. The van der Waals surface area contributed by atoms with Crippen molar-refractivity contribution >= 4 is 23.1 Å². The second kappa shape index (κ2) is 10.8. The van der Waals surface area contributed by atoms with E-state index in [9.17, 15) is 5.11 Å². The average Bonchev–Trinajstić information content (AvgIpc) is 3.47. The van der Waals surface area contributed by atoms with Crippen LogP contribution < -0.4 is 4.74 Å². The largest absolute Gasteiger partial charge is 0.491 e. The van der Waals surface area contributed by atoms with Crippen molar-refractivity contribution in [3.05, 3.63) is 88.4 Å². The Labute approximate surface area is 197 Å². The second-order valence-corrected chi connectivity index (χ2v) is 9.81. The Morgan fingerprint density at radius 2 is 1.78 bits per heavy atom. The summed E-state index contributed by atoms with van der Waals surface area (Å²) in [6.07, 6.45) is 0.0968. The summed E-state index contributed by atoms with van der Waals surface area (Å²) in [4.78, 5) is 1.24. The topological polar surface area (TPSA) is 60.2 Å². The van der Waals surface area contributed by atoms with Crippen LogP contribution in [-0.2, 0) is 6.42 Å². The molecule has 7 heteroatoms. The van der Waals surface area contributed by atoms with E-state index < -0.39 is 6.10 Å². The summed E-state index contributed by atoms with van der Waals surface area (Å²) >= 11 is 3.20. The smallest absolute Gasteiger partial charge is 0.195 e. The Kier molecular flexibility index (Phi) is 7.63. The number of hydrogen-bond acceptors (Lipinski definition) is 6. The lowest BCUT2D eigenvalue weighted by atomic mass is 10.0. The van der Waals surface area contributed by atoms with E-state index in [-0.39, 0.29) is 6.61 Å². The number of hydrogen-bond donors (Lipinski definition) is 1. The van der Waals surface area contributed by atoms with E-state index in [0.29, 0.717) is 11.7 Å². The molecule has 0 radical (unpaired) electrons. The third-order valence-corrected chi connectivity index (χ3v) is 6.95. The molecule has 2 heterocycles. The van der Waals surface area contributed by atoms with Crippen molar-refractivity contribution in [2.24, 2.45) is 0 Å². The van der Waals surface area contributed by atoms with Gasteiger partial charge in [-0.1, -0.05) is 68.1 Å². The lowest BCUT2D eigenvalue weighted by Crippen LogP contribution is -2.21. The van der Waals surface area contributed by atoms with Gasteiger partial charge in [-0.15, -0.1) is 21.5 Å². The van der Waals surface area contributed by atoms with Gasteiger partial charge in [-0.3, -0.25) is 4.57 Å². The Morgan fingerprint density at radius 1 is 1.00 bits per heavy atom. The van der Waals surface area contributed by atoms with Gasteiger partial charge >= 0.3 is 0 Å². The molecule has 166 valence electrons. The zero-order chi connectivity index (χ0) is 22.3. The standard InChI is InChI=1S/C25H27N3O2S2/c1-18(2)22-12-6-7-13-23(22)30-16-20(29)17-32-25-27-26-24(15-21-11-8-14-31-21)28(25)19-9-4-3-5-10-19/h3-14,18,20,29H,15-17H2,1-2H3. The number of thioether (sulfide) groups is 1. The highest BCUT2D eigenvalue weighted by molar-refractivity contribution is 7.99. The Hall–Kier alpha value is -2.61. The minimum Gasteiger partial charge on any atom is -0.491 e. The molecular weight excluding hydrogens is 438 g/mol. The van der Waals surface area contributed by atoms with Gasteiger partial charge in [-0.2, -0.15) is 0 Å². The fourth-order valence-electron chi connectivity index (χ4n) is 3.41. The number of aliphatic hydroxyl groups excluding tert-OH is 1. The predicted octanol–water partition coefficient (Wildman–Crippen LogP) is 5.58.